The van der Waals surface area contributed by atoms with E-state index < -0.39 is 0 Å². The van der Waals surface area contributed by atoms with Crippen LogP contribution in [0.5, 0.6) is 0 Å². The quantitative estimate of drug-likeness (QED) is 0.851. The molecule has 21 heavy (non-hydrogen) atoms. The Kier molecular flexibility index (Phi) is 5.05. The van der Waals surface area contributed by atoms with Crippen LogP contribution in [0, 0.1) is 12.8 Å². The monoisotopic (exact) mass is 288 g/mol. The third kappa shape index (κ3) is 3.66. The maximum Gasteiger partial charge on any atom is 0.260 e. The van der Waals surface area contributed by atoms with Crippen LogP contribution in [0.15, 0.2) is 28.8 Å². The summed E-state index contributed by atoms with van der Waals surface area (Å²) in [7, 11) is 0. The number of nitrogens with zero attached hydrogens (tertiary/aromatic N) is 2. The Labute approximate surface area is 123 Å². The topological polar surface area (TPSA) is 94.0 Å². The third-order valence-electron chi connectivity index (χ3n) is 3.24. The number of amides is 1. The van der Waals surface area contributed by atoms with Crippen LogP contribution in [0.25, 0.3) is 11.5 Å². The van der Waals surface area contributed by atoms with Gasteiger partial charge >= 0.3 is 0 Å². The Morgan fingerprint density at radius 1 is 1.43 bits per heavy atom. The highest BCUT2D eigenvalue weighted by molar-refractivity contribution is 5.96. The molecule has 0 saturated heterocycles. The van der Waals surface area contributed by atoms with E-state index in [0.29, 0.717) is 29.5 Å². The van der Waals surface area contributed by atoms with Crippen LogP contribution in [-0.4, -0.2) is 22.6 Å². The minimum atomic E-state index is -0.188. The van der Waals surface area contributed by atoms with E-state index in [1.807, 2.05) is 31.2 Å². The molecule has 6 nitrogen and oxygen atoms in total. The van der Waals surface area contributed by atoms with Crippen molar-refractivity contribution in [2.24, 2.45) is 11.7 Å². The molecule has 112 valence electrons. The zero-order valence-electron chi connectivity index (χ0n) is 12.3. The highest BCUT2D eigenvalue weighted by atomic mass is 16.5. The van der Waals surface area contributed by atoms with Crippen molar-refractivity contribution in [3.63, 3.8) is 0 Å². The van der Waals surface area contributed by atoms with E-state index in [9.17, 15) is 4.79 Å². The molecule has 1 aromatic heterocycles. The first-order chi connectivity index (χ1) is 10.2. The first kappa shape index (κ1) is 15.2. The van der Waals surface area contributed by atoms with Crippen LogP contribution in [0.4, 0.5) is 5.69 Å². The first-order valence-electron chi connectivity index (χ1n) is 7.06. The summed E-state index contributed by atoms with van der Waals surface area (Å²) in [5.41, 5.74) is 7.02. The van der Waals surface area contributed by atoms with Crippen molar-refractivity contribution in [1.29, 1.82) is 0 Å². The number of carbonyl (C=O) groups excluding carboxylic acids is 1. The molecule has 1 heterocycles. The molecule has 0 aliphatic rings. The lowest BCUT2D eigenvalue weighted by Crippen LogP contribution is -2.29. The molecule has 1 amide bonds. The lowest BCUT2D eigenvalue weighted by atomic mass is 10.0. The van der Waals surface area contributed by atoms with Crippen molar-refractivity contribution >= 4 is 11.6 Å². The van der Waals surface area contributed by atoms with Crippen LogP contribution in [-0.2, 0) is 4.79 Å². The zero-order chi connectivity index (χ0) is 15.2. The Morgan fingerprint density at radius 2 is 2.19 bits per heavy atom. The molecular formula is C15H20N4O2. The van der Waals surface area contributed by atoms with Gasteiger partial charge in [0.15, 0.2) is 5.82 Å². The summed E-state index contributed by atoms with van der Waals surface area (Å²) < 4.78 is 5.17. The van der Waals surface area contributed by atoms with Gasteiger partial charge in [0.1, 0.15) is 0 Å². The molecule has 2 rings (SSSR count). The Bertz CT molecular complexity index is 609. The van der Waals surface area contributed by atoms with Gasteiger partial charge in [0, 0.05) is 6.54 Å². The molecule has 0 aliphatic carbocycles. The van der Waals surface area contributed by atoms with Crippen molar-refractivity contribution < 1.29 is 9.32 Å². The third-order valence-corrected chi connectivity index (χ3v) is 3.24. The summed E-state index contributed by atoms with van der Waals surface area (Å²) in [5, 5.41) is 6.68. The molecule has 1 unspecified atom stereocenters. The number of para-hydroxylation sites is 1. The number of rotatable bonds is 6. The van der Waals surface area contributed by atoms with Crippen LogP contribution in [0.2, 0.25) is 0 Å². The maximum absolute atomic E-state index is 12.3. The number of aromatic nitrogens is 2. The normalized spacial score (nSPS) is 12.1. The fourth-order valence-corrected chi connectivity index (χ4v) is 2.12. The number of aryl methyl sites for hydroxylation is 1. The van der Waals surface area contributed by atoms with Crippen molar-refractivity contribution in [1.82, 2.24) is 10.1 Å². The minimum Gasteiger partial charge on any atom is -0.334 e. The van der Waals surface area contributed by atoms with E-state index in [-0.39, 0.29) is 11.8 Å². The van der Waals surface area contributed by atoms with Gasteiger partial charge in [-0.25, -0.2) is 0 Å². The fourth-order valence-electron chi connectivity index (χ4n) is 2.12. The number of carbonyl (C=O) groups is 1. The summed E-state index contributed by atoms with van der Waals surface area (Å²) >= 11 is 0. The van der Waals surface area contributed by atoms with Crippen molar-refractivity contribution in [3.05, 3.63) is 30.1 Å². The van der Waals surface area contributed by atoms with E-state index in [1.54, 1.807) is 6.92 Å². The fraction of sp³-hybridized carbons (Fsp3) is 0.400. The SMILES string of the molecule is CCCC(CN)C(=O)Nc1ccccc1-c1nc(C)no1. The lowest BCUT2D eigenvalue weighted by molar-refractivity contribution is -0.119. The van der Waals surface area contributed by atoms with Gasteiger partial charge in [-0.2, -0.15) is 4.98 Å². The van der Waals surface area contributed by atoms with Gasteiger partial charge < -0.3 is 15.6 Å². The van der Waals surface area contributed by atoms with Crippen molar-refractivity contribution in [2.45, 2.75) is 26.7 Å². The number of hydrogen-bond donors (Lipinski definition) is 2. The summed E-state index contributed by atoms with van der Waals surface area (Å²) in [6, 6.07) is 7.35. The van der Waals surface area contributed by atoms with Crippen LogP contribution in [0.1, 0.15) is 25.6 Å². The Morgan fingerprint density at radius 3 is 2.81 bits per heavy atom. The largest absolute Gasteiger partial charge is 0.334 e. The summed E-state index contributed by atoms with van der Waals surface area (Å²) in [4.78, 5) is 16.5. The average molecular weight is 288 g/mol. The molecule has 0 spiro atoms. The molecule has 0 radical (unpaired) electrons. The number of hydrogen-bond acceptors (Lipinski definition) is 5. The van der Waals surface area contributed by atoms with E-state index in [2.05, 4.69) is 15.5 Å². The molecule has 6 heteroatoms. The summed E-state index contributed by atoms with van der Waals surface area (Å²) in [5.74, 6) is 0.677. The van der Waals surface area contributed by atoms with Gasteiger partial charge in [-0.15, -0.1) is 0 Å². The number of benzene rings is 1. The summed E-state index contributed by atoms with van der Waals surface area (Å²) in [6.45, 7) is 4.12. The number of nitrogens with one attached hydrogen (secondary N) is 1. The van der Waals surface area contributed by atoms with Crippen molar-refractivity contribution in [2.75, 3.05) is 11.9 Å². The number of anilines is 1. The van der Waals surface area contributed by atoms with Crippen LogP contribution in [0.3, 0.4) is 0 Å². The van der Waals surface area contributed by atoms with E-state index >= 15 is 0 Å². The molecule has 0 fully saturated rings. The van der Waals surface area contributed by atoms with E-state index in [4.69, 9.17) is 10.3 Å². The van der Waals surface area contributed by atoms with Gasteiger partial charge in [0.05, 0.1) is 17.2 Å². The Balaban J connectivity index is 2.23. The van der Waals surface area contributed by atoms with E-state index in [0.717, 1.165) is 12.8 Å². The molecule has 2 aromatic rings. The molecule has 0 saturated carbocycles. The van der Waals surface area contributed by atoms with Crippen molar-refractivity contribution in [3.8, 4) is 11.5 Å². The van der Waals surface area contributed by atoms with Gasteiger partial charge in [0.2, 0.25) is 5.91 Å². The molecule has 1 atom stereocenters. The van der Waals surface area contributed by atoms with Gasteiger partial charge in [-0.05, 0) is 25.5 Å². The molecule has 0 bridgehead atoms. The highest BCUT2D eigenvalue weighted by Gasteiger charge is 2.18. The Hall–Kier alpha value is -2.21. The molecule has 0 aliphatic heterocycles. The standard InChI is InChI=1S/C15H20N4O2/c1-3-6-11(9-16)14(20)18-13-8-5-4-7-12(13)15-17-10(2)19-21-15/h4-5,7-8,11H,3,6,9,16H2,1-2H3,(H,18,20). The zero-order valence-corrected chi connectivity index (χ0v) is 12.3. The van der Waals surface area contributed by atoms with Gasteiger partial charge in [0.25, 0.3) is 5.89 Å². The minimum absolute atomic E-state index is 0.0805. The second kappa shape index (κ2) is 6.99. The highest BCUT2D eigenvalue weighted by Crippen LogP contribution is 2.26. The van der Waals surface area contributed by atoms with Gasteiger partial charge in [-0.1, -0.05) is 30.6 Å². The second-order valence-corrected chi connectivity index (χ2v) is 4.90. The maximum atomic E-state index is 12.3. The molecular weight excluding hydrogens is 268 g/mol. The second-order valence-electron chi connectivity index (χ2n) is 4.90. The molecule has 3 N–H and O–H groups in total. The van der Waals surface area contributed by atoms with Gasteiger partial charge in [-0.3, -0.25) is 4.79 Å². The predicted molar refractivity (Wildman–Crippen MR) is 80.6 cm³/mol. The predicted octanol–water partition coefficient (Wildman–Crippen LogP) is 2.36. The first-order valence-corrected chi connectivity index (χ1v) is 7.06. The number of nitrogens with two attached hydrogens (primary N) is 1. The summed E-state index contributed by atoms with van der Waals surface area (Å²) in [6.07, 6.45) is 1.68. The average Bonchev–Trinajstić information content (AvgIpc) is 2.91. The molecule has 1 aromatic carbocycles. The van der Waals surface area contributed by atoms with Crippen LogP contribution >= 0.6 is 0 Å². The smallest absolute Gasteiger partial charge is 0.260 e. The van der Waals surface area contributed by atoms with E-state index in [1.165, 1.54) is 0 Å². The van der Waals surface area contributed by atoms with Crippen LogP contribution < -0.4 is 11.1 Å². The lowest BCUT2D eigenvalue weighted by Gasteiger charge is -2.15.